The quantitative estimate of drug-likeness (QED) is 0.800. The number of halogens is 1. The Bertz CT molecular complexity index is 323. The monoisotopic (exact) mass is 259 g/mol. The smallest absolute Gasteiger partial charge is 0.222 e. The molecule has 2 heterocycles. The molecule has 1 aliphatic heterocycles. The lowest BCUT2D eigenvalue weighted by atomic mass is 10.3. The normalized spacial score (nSPS) is 17.0. The third-order valence-electron chi connectivity index (χ3n) is 2.17. The molecule has 1 saturated heterocycles. The second-order valence-electron chi connectivity index (χ2n) is 3.18. The van der Waals surface area contributed by atoms with Crippen LogP contribution < -0.4 is 0 Å². The third kappa shape index (κ3) is 2.11. The molecule has 0 saturated carbocycles. The molecule has 1 amide bonds. The fraction of sp³-hybridized carbons (Fsp3) is 0.444. The van der Waals surface area contributed by atoms with E-state index >= 15 is 0 Å². The highest BCUT2D eigenvalue weighted by atomic mass is 79.9. The first kappa shape index (κ1) is 9.21. The highest BCUT2D eigenvalue weighted by molar-refractivity contribution is 9.11. The van der Waals surface area contributed by atoms with Gasteiger partial charge in [0.25, 0.3) is 0 Å². The Balaban J connectivity index is 2.01. The zero-order valence-electron chi connectivity index (χ0n) is 7.12. The Labute approximate surface area is 89.7 Å². The summed E-state index contributed by atoms with van der Waals surface area (Å²) in [7, 11) is 0. The fourth-order valence-corrected chi connectivity index (χ4v) is 2.72. The van der Waals surface area contributed by atoms with Crippen molar-refractivity contribution in [1.29, 1.82) is 0 Å². The minimum absolute atomic E-state index is 0.294. The Morgan fingerprint density at radius 3 is 3.00 bits per heavy atom. The van der Waals surface area contributed by atoms with Crippen molar-refractivity contribution in [2.75, 3.05) is 6.54 Å². The maximum absolute atomic E-state index is 11.3. The molecular formula is C9H10BrNOS. The molecule has 1 fully saturated rings. The van der Waals surface area contributed by atoms with Gasteiger partial charge in [-0.05, 0) is 39.4 Å². The molecule has 0 radical (unpaired) electrons. The molecule has 0 N–H and O–H groups in total. The SMILES string of the molecule is O=C1CCCN1Cc1csc(Br)c1. The van der Waals surface area contributed by atoms with Crippen molar-refractivity contribution < 1.29 is 4.79 Å². The Hall–Kier alpha value is -0.350. The summed E-state index contributed by atoms with van der Waals surface area (Å²) in [6, 6.07) is 2.08. The second-order valence-corrected chi connectivity index (χ2v) is 5.47. The van der Waals surface area contributed by atoms with Gasteiger partial charge in [-0.15, -0.1) is 11.3 Å². The molecule has 0 unspecified atom stereocenters. The number of carbonyl (C=O) groups is 1. The molecule has 4 heteroatoms. The van der Waals surface area contributed by atoms with E-state index in [1.54, 1.807) is 11.3 Å². The van der Waals surface area contributed by atoms with Gasteiger partial charge in [-0.1, -0.05) is 0 Å². The number of hydrogen-bond acceptors (Lipinski definition) is 2. The number of nitrogens with zero attached hydrogens (tertiary/aromatic N) is 1. The van der Waals surface area contributed by atoms with Crippen LogP contribution in [0.5, 0.6) is 0 Å². The van der Waals surface area contributed by atoms with Gasteiger partial charge in [0.1, 0.15) is 0 Å². The predicted octanol–water partition coefficient (Wildman–Crippen LogP) is 2.63. The van der Waals surface area contributed by atoms with Crippen molar-refractivity contribution in [3.8, 4) is 0 Å². The van der Waals surface area contributed by atoms with Gasteiger partial charge in [-0.2, -0.15) is 0 Å². The number of thiophene rings is 1. The van der Waals surface area contributed by atoms with Gasteiger partial charge < -0.3 is 4.90 Å². The van der Waals surface area contributed by atoms with Crippen molar-refractivity contribution in [2.24, 2.45) is 0 Å². The van der Waals surface area contributed by atoms with Crippen molar-refractivity contribution in [1.82, 2.24) is 4.90 Å². The lowest BCUT2D eigenvalue weighted by Gasteiger charge is -2.13. The van der Waals surface area contributed by atoms with Crippen LogP contribution in [0.15, 0.2) is 15.2 Å². The average molecular weight is 260 g/mol. The van der Waals surface area contributed by atoms with Gasteiger partial charge in [-0.3, -0.25) is 4.79 Å². The summed E-state index contributed by atoms with van der Waals surface area (Å²) in [5.74, 6) is 0.294. The summed E-state index contributed by atoms with van der Waals surface area (Å²) < 4.78 is 1.13. The zero-order chi connectivity index (χ0) is 9.26. The minimum Gasteiger partial charge on any atom is -0.338 e. The summed E-state index contributed by atoms with van der Waals surface area (Å²) in [6.07, 6.45) is 1.75. The second kappa shape index (κ2) is 3.80. The Kier molecular flexibility index (Phi) is 2.69. The Morgan fingerprint density at radius 2 is 2.46 bits per heavy atom. The van der Waals surface area contributed by atoms with E-state index in [2.05, 4.69) is 27.4 Å². The van der Waals surface area contributed by atoms with Gasteiger partial charge in [0.05, 0.1) is 3.79 Å². The number of likely N-dealkylation sites (tertiary alicyclic amines) is 1. The van der Waals surface area contributed by atoms with E-state index < -0.39 is 0 Å². The molecule has 1 aromatic heterocycles. The van der Waals surface area contributed by atoms with Crippen molar-refractivity contribution in [2.45, 2.75) is 19.4 Å². The van der Waals surface area contributed by atoms with Gasteiger partial charge in [0.15, 0.2) is 0 Å². The molecule has 0 aliphatic carbocycles. The standard InChI is InChI=1S/C9H10BrNOS/c10-8-4-7(6-13-8)5-11-3-1-2-9(11)12/h4,6H,1-3,5H2. The Morgan fingerprint density at radius 1 is 1.62 bits per heavy atom. The summed E-state index contributed by atoms with van der Waals surface area (Å²) in [5.41, 5.74) is 1.23. The maximum Gasteiger partial charge on any atom is 0.222 e. The van der Waals surface area contributed by atoms with Crippen LogP contribution in [0.3, 0.4) is 0 Å². The van der Waals surface area contributed by atoms with Crippen molar-refractivity contribution >= 4 is 33.2 Å². The molecular weight excluding hydrogens is 250 g/mol. The van der Waals surface area contributed by atoms with E-state index in [9.17, 15) is 4.79 Å². The number of carbonyl (C=O) groups excluding carboxylic acids is 1. The lowest BCUT2D eigenvalue weighted by Crippen LogP contribution is -2.23. The van der Waals surface area contributed by atoms with Gasteiger partial charge in [0.2, 0.25) is 5.91 Å². The van der Waals surface area contributed by atoms with Crippen LogP contribution in [0.2, 0.25) is 0 Å². The molecule has 1 aliphatic rings. The van der Waals surface area contributed by atoms with Gasteiger partial charge >= 0.3 is 0 Å². The van der Waals surface area contributed by atoms with Crippen LogP contribution in [0.25, 0.3) is 0 Å². The summed E-state index contributed by atoms with van der Waals surface area (Å²) in [6.45, 7) is 1.70. The molecule has 2 nitrogen and oxygen atoms in total. The maximum atomic E-state index is 11.3. The lowest BCUT2D eigenvalue weighted by molar-refractivity contribution is -0.128. The van der Waals surface area contributed by atoms with Crippen LogP contribution in [-0.2, 0) is 11.3 Å². The number of hydrogen-bond donors (Lipinski definition) is 0. The van der Waals surface area contributed by atoms with Crippen LogP contribution in [0.1, 0.15) is 18.4 Å². The van der Waals surface area contributed by atoms with Gasteiger partial charge in [-0.25, -0.2) is 0 Å². The molecule has 0 spiro atoms. The number of rotatable bonds is 2. The number of amides is 1. The minimum atomic E-state index is 0.294. The fourth-order valence-electron chi connectivity index (χ4n) is 1.52. The van der Waals surface area contributed by atoms with Crippen LogP contribution in [0, 0.1) is 0 Å². The summed E-state index contributed by atoms with van der Waals surface area (Å²) in [4.78, 5) is 13.2. The molecule has 70 valence electrons. The zero-order valence-corrected chi connectivity index (χ0v) is 9.53. The van der Waals surface area contributed by atoms with E-state index in [1.807, 2.05) is 4.90 Å². The first-order valence-electron chi connectivity index (χ1n) is 4.26. The molecule has 13 heavy (non-hydrogen) atoms. The van der Waals surface area contributed by atoms with Crippen molar-refractivity contribution in [3.63, 3.8) is 0 Å². The van der Waals surface area contributed by atoms with Crippen molar-refractivity contribution in [3.05, 3.63) is 20.8 Å². The molecule has 1 aromatic rings. The van der Waals surface area contributed by atoms with E-state index in [1.165, 1.54) is 5.56 Å². The van der Waals surface area contributed by atoms with E-state index in [0.29, 0.717) is 5.91 Å². The summed E-state index contributed by atoms with van der Waals surface area (Å²) in [5, 5.41) is 2.09. The third-order valence-corrected chi connectivity index (χ3v) is 3.72. The van der Waals surface area contributed by atoms with Crippen LogP contribution in [0.4, 0.5) is 0 Å². The van der Waals surface area contributed by atoms with Crippen LogP contribution >= 0.6 is 27.3 Å². The highest BCUT2D eigenvalue weighted by Gasteiger charge is 2.20. The first-order chi connectivity index (χ1) is 6.25. The first-order valence-corrected chi connectivity index (χ1v) is 5.93. The average Bonchev–Trinajstić information content (AvgIpc) is 2.64. The topological polar surface area (TPSA) is 20.3 Å². The summed E-state index contributed by atoms with van der Waals surface area (Å²) >= 11 is 5.08. The van der Waals surface area contributed by atoms with E-state index in [4.69, 9.17) is 0 Å². The molecule has 2 rings (SSSR count). The predicted molar refractivity (Wildman–Crippen MR) is 56.7 cm³/mol. The van der Waals surface area contributed by atoms with Crippen LogP contribution in [-0.4, -0.2) is 17.4 Å². The highest BCUT2D eigenvalue weighted by Crippen LogP contribution is 2.23. The van der Waals surface area contributed by atoms with Gasteiger partial charge in [0, 0.05) is 19.5 Å². The van der Waals surface area contributed by atoms with E-state index in [0.717, 1.165) is 29.7 Å². The molecule has 0 aromatic carbocycles. The largest absolute Gasteiger partial charge is 0.338 e. The molecule has 0 bridgehead atoms. The molecule has 0 atom stereocenters. The van der Waals surface area contributed by atoms with E-state index in [-0.39, 0.29) is 0 Å².